The molecule has 0 amide bonds. The van der Waals surface area contributed by atoms with Gasteiger partial charge >= 0.3 is 6.18 Å². The summed E-state index contributed by atoms with van der Waals surface area (Å²) in [5.74, 6) is 0. The number of alkyl halides is 3. The van der Waals surface area contributed by atoms with Gasteiger partial charge < -0.3 is 16.8 Å². The first-order chi connectivity index (χ1) is 10.3. The van der Waals surface area contributed by atoms with E-state index in [0.717, 1.165) is 12.3 Å². The molecule has 2 heterocycles. The second kappa shape index (κ2) is 4.74. The minimum absolute atomic E-state index is 0.256. The monoisotopic (exact) mass is 306 g/mol. The van der Waals surface area contributed by atoms with E-state index in [1.54, 1.807) is 30.5 Å². The van der Waals surface area contributed by atoms with Crippen molar-refractivity contribution in [3.05, 3.63) is 65.1 Å². The summed E-state index contributed by atoms with van der Waals surface area (Å²) in [4.78, 5) is 3.36. The molecule has 1 aliphatic rings. The fourth-order valence-corrected chi connectivity index (χ4v) is 2.52. The maximum atomic E-state index is 12.9. The lowest BCUT2D eigenvalue weighted by molar-refractivity contribution is -0.141. The minimum Gasteiger partial charge on any atom is -0.398 e. The fourth-order valence-electron chi connectivity index (χ4n) is 2.52. The van der Waals surface area contributed by atoms with Gasteiger partial charge in [0, 0.05) is 28.6 Å². The van der Waals surface area contributed by atoms with Gasteiger partial charge in [-0.15, -0.1) is 0 Å². The van der Waals surface area contributed by atoms with Gasteiger partial charge in [0.15, 0.2) is 0 Å². The number of pyridine rings is 1. The van der Waals surface area contributed by atoms with E-state index in [1.165, 1.54) is 6.07 Å². The van der Waals surface area contributed by atoms with Crippen LogP contribution in [0.3, 0.4) is 0 Å². The van der Waals surface area contributed by atoms with Crippen molar-refractivity contribution in [1.82, 2.24) is 10.3 Å². The lowest BCUT2D eigenvalue weighted by Gasteiger charge is -2.35. The van der Waals surface area contributed by atoms with Crippen molar-refractivity contribution in [2.24, 2.45) is 5.73 Å². The lowest BCUT2D eigenvalue weighted by Crippen LogP contribution is -2.51. The average Bonchev–Trinajstić information content (AvgIpc) is 2.48. The number of nitrogens with two attached hydrogens (primary N) is 2. The predicted molar refractivity (Wildman–Crippen MR) is 77.2 cm³/mol. The number of hydrogen-bond acceptors (Lipinski definition) is 4. The van der Waals surface area contributed by atoms with Gasteiger partial charge in [-0.1, -0.05) is 12.1 Å². The number of fused-ring (bicyclic) bond motifs is 1. The van der Waals surface area contributed by atoms with Gasteiger partial charge in [-0.05, 0) is 30.5 Å². The molecule has 0 bridgehead atoms. The zero-order chi connectivity index (χ0) is 16.0. The zero-order valence-corrected chi connectivity index (χ0v) is 11.4. The summed E-state index contributed by atoms with van der Waals surface area (Å²) in [5.41, 5.74) is 12.0. The lowest BCUT2D eigenvalue weighted by atomic mass is 9.86. The molecular formula is C15H13F3N4. The molecule has 0 saturated carbocycles. The molecule has 1 unspecified atom stereocenters. The van der Waals surface area contributed by atoms with E-state index < -0.39 is 17.5 Å². The van der Waals surface area contributed by atoms with Crippen molar-refractivity contribution < 1.29 is 13.2 Å². The van der Waals surface area contributed by atoms with Crippen molar-refractivity contribution in [3.63, 3.8) is 0 Å². The van der Waals surface area contributed by atoms with E-state index >= 15 is 0 Å². The smallest absolute Gasteiger partial charge is 0.398 e. The highest BCUT2D eigenvalue weighted by Gasteiger charge is 2.37. The van der Waals surface area contributed by atoms with Crippen molar-refractivity contribution in [3.8, 4) is 0 Å². The summed E-state index contributed by atoms with van der Waals surface area (Å²) in [6, 6.07) is 7.55. The SMILES string of the molecule is Nc1cccc2c1C=CNC2(N)c1ccnc(C(F)(F)F)c1. The summed E-state index contributed by atoms with van der Waals surface area (Å²) >= 11 is 0. The normalized spacial score (nSPS) is 20.4. The molecule has 0 spiro atoms. The summed E-state index contributed by atoms with van der Waals surface area (Å²) in [7, 11) is 0. The molecule has 1 aromatic heterocycles. The first kappa shape index (κ1) is 14.4. The largest absolute Gasteiger partial charge is 0.433 e. The molecule has 0 saturated heterocycles. The van der Waals surface area contributed by atoms with E-state index in [0.29, 0.717) is 16.8 Å². The predicted octanol–water partition coefficient (Wildman–Crippen LogP) is 2.42. The third kappa shape index (κ3) is 2.19. The Bertz CT molecular complexity index is 755. The van der Waals surface area contributed by atoms with Crippen LogP contribution in [0.1, 0.15) is 22.4 Å². The van der Waals surface area contributed by atoms with Crippen LogP contribution in [0, 0.1) is 0 Å². The summed E-state index contributed by atoms with van der Waals surface area (Å²) in [6.07, 6.45) is -0.123. The van der Waals surface area contributed by atoms with Crippen molar-refractivity contribution >= 4 is 11.8 Å². The molecular weight excluding hydrogens is 293 g/mol. The highest BCUT2D eigenvalue weighted by atomic mass is 19.4. The number of aromatic nitrogens is 1. The van der Waals surface area contributed by atoms with Gasteiger partial charge in [0.1, 0.15) is 11.4 Å². The van der Waals surface area contributed by atoms with Crippen LogP contribution in [-0.2, 0) is 11.8 Å². The Labute approximate surface area is 124 Å². The van der Waals surface area contributed by atoms with Crippen LogP contribution >= 0.6 is 0 Å². The molecule has 0 aliphatic carbocycles. The molecule has 114 valence electrons. The molecule has 1 atom stereocenters. The number of benzene rings is 1. The van der Waals surface area contributed by atoms with Gasteiger partial charge in [-0.3, -0.25) is 4.98 Å². The quantitative estimate of drug-likeness (QED) is 0.707. The van der Waals surface area contributed by atoms with Gasteiger partial charge in [-0.2, -0.15) is 13.2 Å². The highest BCUT2D eigenvalue weighted by molar-refractivity contribution is 5.71. The van der Waals surface area contributed by atoms with E-state index in [4.69, 9.17) is 11.5 Å². The zero-order valence-electron chi connectivity index (χ0n) is 11.4. The Morgan fingerprint density at radius 1 is 1.18 bits per heavy atom. The average molecular weight is 306 g/mol. The Kier molecular flexibility index (Phi) is 3.10. The number of nitrogen functional groups attached to an aromatic ring is 1. The fraction of sp³-hybridized carbons (Fsp3) is 0.133. The van der Waals surface area contributed by atoms with E-state index in [1.807, 2.05) is 0 Å². The van der Waals surface area contributed by atoms with Crippen molar-refractivity contribution in [2.75, 3.05) is 5.73 Å². The number of rotatable bonds is 1. The number of nitrogens with zero attached hydrogens (tertiary/aromatic N) is 1. The number of nitrogens with one attached hydrogen (secondary N) is 1. The van der Waals surface area contributed by atoms with Gasteiger partial charge in [0.05, 0.1) is 0 Å². The molecule has 1 aliphatic heterocycles. The summed E-state index contributed by atoms with van der Waals surface area (Å²) < 4.78 is 38.6. The molecule has 4 nitrogen and oxygen atoms in total. The Balaban J connectivity index is 2.17. The number of anilines is 1. The Morgan fingerprint density at radius 3 is 2.68 bits per heavy atom. The van der Waals surface area contributed by atoms with Crippen LogP contribution < -0.4 is 16.8 Å². The van der Waals surface area contributed by atoms with Crippen LogP contribution in [0.4, 0.5) is 18.9 Å². The molecule has 7 heteroatoms. The number of hydrogen-bond donors (Lipinski definition) is 3. The van der Waals surface area contributed by atoms with Crippen LogP contribution in [0.15, 0.2) is 42.7 Å². The maximum absolute atomic E-state index is 12.9. The molecule has 0 fully saturated rings. The second-order valence-electron chi connectivity index (χ2n) is 5.02. The molecule has 3 rings (SSSR count). The van der Waals surface area contributed by atoms with E-state index in [-0.39, 0.29) is 5.56 Å². The standard InChI is InChI=1S/C15H13F3N4/c16-15(17,18)13-8-9(4-6-21-13)14(20)11-2-1-3-12(19)10(11)5-7-22-14/h1-8,22H,19-20H2. The Hall–Kier alpha value is -2.54. The topological polar surface area (TPSA) is 77.0 Å². The van der Waals surface area contributed by atoms with Crippen LogP contribution in [0.25, 0.3) is 6.08 Å². The first-order valence-corrected chi connectivity index (χ1v) is 6.48. The molecule has 5 N–H and O–H groups in total. The van der Waals surface area contributed by atoms with Gasteiger partial charge in [0.2, 0.25) is 0 Å². The van der Waals surface area contributed by atoms with Crippen LogP contribution in [0.5, 0.6) is 0 Å². The van der Waals surface area contributed by atoms with Gasteiger partial charge in [0.25, 0.3) is 0 Å². The molecule has 22 heavy (non-hydrogen) atoms. The maximum Gasteiger partial charge on any atom is 0.433 e. The molecule has 1 aromatic carbocycles. The molecule has 0 radical (unpaired) electrons. The third-order valence-corrected chi connectivity index (χ3v) is 3.63. The van der Waals surface area contributed by atoms with Crippen molar-refractivity contribution in [1.29, 1.82) is 0 Å². The summed E-state index contributed by atoms with van der Waals surface area (Å²) in [5, 5.41) is 2.92. The van der Waals surface area contributed by atoms with E-state index in [9.17, 15) is 13.2 Å². The first-order valence-electron chi connectivity index (χ1n) is 6.48. The van der Waals surface area contributed by atoms with Crippen LogP contribution in [0.2, 0.25) is 0 Å². The van der Waals surface area contributed by atoms with Crippen molar-refractivity contribution in [2.45, 2.75) is 11.8 Å². The van der Waals surface area contributed by atoms with Crippen LogP contribution in [-0.4, -0.2) is 4.98 Å². The minimum atomic E-state index is -4.53. The Morgan fingerprint density at radius 2 is 1.95 bits per heavy atom. The third-order valence-electron chi connectivity index (χ3n) is 3.63. The summed E-state index contributed by atoms with van der Waals surface area (Å²) in [6.45, 7) is 0. The highest BCUT2D eigenvalue weighted by Crippen LogP contribution is 2.35. The molecule has 2 aromatic rings. The second-order valence-corrected chi connectivity index (χ2v) is 5.02. The van der Waals surface area contributed by atoms with E-state index in [2.05, 4.69) is 10.3 Å². The van der Waals surface area contributed by atoms with Gasteiger partial charge in [-0.25, -0.2) is 0 Å². The number of halogens is 3.